The van der Waals surface area contributed by atoms with E-state index in [0.717, 1.165) is 175 Å². The van der Waals surface area contributed by atoms with Crippen LogP contribution in [0.25, 0.3) is 0 Å². The van der Waals surface area contributed by atoms with E-state index in [9.17, 15) is 87.8 Å². The summed E-state index contributed by atoms with van der Waals surface area (Å²) in [6, 6.07) is 25.3. The van der Waals surface area contributed by atoms with Crippen LogP contribution < -0.4 is 14.2 Å². The third kappa shape index (κ3) is 27.1. The van der Waals surface area contributed by atoms with Crippen molar-refractivity contribution in [1.82, 2.24) is 0 Å². The van der Waals surface area contributed by atoms with Crippen LogP contribution in [-0.2, 0) is 72.1 Å². The highest BCUT2D eigenvalue weighted by atomic mass is 19.3. The molecule has 0 aliphatic heterocycles. The third-order valence-corrected chi connectivity index (χ3v) is 21.0. The van der Waals surface area contributed by atoms with Gasteiger partial charge in [-0.3, -0.25) is 0 Å². The summed E-state index contributed by atoms with van der Waals surface area (Å²) in [6.07, 6.45) is -14.6. The van der Waals surface area contributed by atoms with Gasteiger partial charge in [-0.25, -0.2) is 43.9 Å². The number of halogens is 20. The molecule has 25 heteroatoms. The van der Waals surface area contributed by atoms with Crippen LogP contribution in [-0.4, -0.2) is 13.2 Å². The fourth-order valence-corrected chi connectivity index (χ4v) is 13.3. The molecule has 0 radical (unpaired) electrons. The Kier molecular flexibility index (Phi) is 35.5. The first-order valence-corrected chi connectivity index (χ1v) is 39.7. The van der Waals surface area contributed by atoms with Gasteiger partial charge in [0, 0.05) is 0 Å². The highest BCUT2D eigenvalue weighted by Crippen LogP contribution is 2.42. The monoisotopic (exact) mass is 1730 g/mol. The third-order valence-electron chi connectivity index (χ3n) is 21.0. The minimum atomic E-state index is -4.11. The fraction of sp³-hybridized carbons (Fsp3) is 0.381. The lowest BCUT2D eigenvalue weighted by atomic mass is 9.99. The lowest BCUT2D eigenvalue weighted by molar-refractivity contribution is -0.252. The van der Waals surface area contributed by atoms with Crippen molar-refractivity contribution in [2.24, 2.45) is 0 Å². The van der Waals surface area contributed by atoms with Crippen molar-refractivity contribution in [3.63, 3.8) is 0 Å². The second-order valence-corrected chi connectivity index (χ2v) is 30.8. The Hall–Kier alpha value is -9.88. The molecule has 0 atom stereocenters. The Morgan fingerprint density at radius 2 is 0.402 bits per heavy atom. The van der Waals surface area contributed by atoms with Gasteiger partial charge in [-0.1, -0.05) is 70.7 Å². The van der Waals surface area contributed by atoms with E-state index in [2.05, 4.69) is 18.9 Å². The van der Waals surface area contributed by atoms with Crippen LogP contribution in [0, 0.1) is 176 Å². The summed E-state index contributed by atoms with van der Waals surface area (Å²) in [6.45, 7) is 35.7. The first kappa shape index (κ1) is 101. The minimum Gasteiger partial charge on any atom is -0.429 e. The number of hydrogen-bond acceptors (Lipinski definition) is 5. The molecule has 10 aromatic carbocycles. The molecule has 122 heavy (non-hydrogen) atoms. The molecule has 0 saturated carbocycles. The molecule has 0 aliphatic carbocycles. The number of hydrogen-bond donors (Lipinski definition) is 0. The standard InChI is InChI=1S/2C21H24F4O.2C19H20F4O.C17H16F4O/c1-5-6-16-11-18(22)20(19(23)12-16)21(24,25)26-8-7-17-9-13(2)15(4)14(3)10-17;1-5-6-7-8-16-11-18(22)20(19(23)12-16)21(24,25)26-17-9-13(2)15(4)14(3)10-17;1-11-7-16(20)18(17(21)8-11)19(22,23)24-6-5-15-9-12(2)14(4)13(3)10-15;1-5-6-14-9-16(20)18(17(21)10-14)19(22,23)24-15-7-11(2)13(4)12(3)8-15;1-9-5-14(18)16(15(19)6-9)17(20,21)22-13-7-10(2)12(4)11(3)8-13/h2*9-12H,5-8H2,1-4H3;2*7-10H,5-6H2,1-4H3;5-8H,1-4H3. The summed E-state index contributed by atoms with van der Waals surface area (Å²) >= 11 is 0. The van der Waals surface area contributed by atoms with E-state index in [-0.39, 0.29) is 54.4 Å². The van der Waals surface area contributed by atoms with Crippen molar-refractivity contribution in [1.29, 1.82) is 0 Å². The SMILES string of the molecule is CCCCCc1cc(F)c(C(F)(F)Oc2cc(C)c(C)c(C)c2)c(F)c1.CCCc1cc(F)c(C(F)(F)OCCc2cc(C)c(C)c(C)c2)c(F)c1.CCCc1cc(F)c(C(F)(F)Oc2cc(C)c(C)c(C)c2)c(F)c1.Cc1cc(F)c(C(F)(F)OCCc2cc(C)c(C)c(C)c2)c(F)c1.Cc1cc(F)c(C(F)(F)Oc2cc(C)c(C)c(C)c2)c(F)c1. The zero-order valence-corrected chi connectivity index (χ0v) is 72.1. The van der Waals surface area contributed by atoms with Crippen LogP contribution in [0.15, 0.2) is 121 Å². The van der Waals surface area contributed by atoms with E-state index in [0.29, 0.717) is 48.8 Å². The van der Waals surface area contributed by atoms with E-state index in [1.165, 1.54) is 50.2 Å². The average molecular weight is 1730 g/mol. The summed E-state index contributed by atoms with van der Waals surface area (Å²) in [4.78, 5) is 0. The molecule has 0 aromatic heterocycles. The maximum atomic E-state index is 14.5. The van der Waals surface area contributed by atoms with Crippen LogP contribution >= 0.6 is 0 Å². The second-order valence-electron chi connectivity index (χ2n) is 30.8. The largest absolute Gasteiger partial charge is 0.432 e. The summed E-state index contributed by atoms with van der Waals surface area (Å²) < 4.78 is 305. The molecular weight excluding hydrogens is 1630 g/mol. The molecule has 0 bridgehead atoms. The van der Waals surface area contributed by atoms with Crippen LogP contribution in [0.1, 0.15) is 203 Å². The van der Waals surface area contributed by atoms with Gasteiger partial charge in [-0.2, -0.15) is 43.9 Å². The van der Waals surface area contributed by atoms with E-state index in [4.69, 9.17) is 4.74 Å². The lowest BCUT2D eigenvalue weighted by Crippen LogP contribution is -2.25. The Morgan fingerprint density at radius 3 is 0.615 bits per heavy atom. The van der Waals surface area contributed by atoms with Crippen LogP contribution in [0.5, 0.6) is 17.2 Å². The van der Waals surface area contributed by atoms with Crippen LogP contribution in [0.2, 0.25) is 0 Å². The topological polar surface area (TPSA) is 46.2 Å². The number of ether oxygens (including phenoxy) is 5. The van der Waals surface area contributed by atoms with Gasteiger partial charge >= 0.3 is 30.5 Å². The predicted molar refractivity (Wildman–Crippen MR) is 436 cm³/mol. The number of benzene rings is 10. The molecule has 0 spiro atoms. The summed E-state index contributed by atoms with van der Waals surface area (Å²) in [5.41, 5.74) is 10.4. The van der Waals surface area contributed by atoms with Gasteiger partial charge in [0.15, 0.2) is 0 Å². The maximum absolute atomic E-state index is 14.5. The van der Waals surface area contributed by atoms with Crippen molar-refractivity contribution in [2.75, 3.05) is 13.2 Å². The molecule has 0 saturated heterocycles. The number of rotatable bonds is 27. The van der Waals surface area contributed by atoms with Gasteiger partial charge in [-0.15, -0.1) is 0 Å². The summed E-state index contributed by atoms with van der Waals surface area (Å²) in [5, 5.41) is 0. The first-order chi connectivity index (χ1) is 56.7. The Labute approximate surface area is 701 Å². The zero-order valence-electron chi connectivity index (χ0n) is 72.1. The van der Waals surface area contributed by atoms with Gasteiger partial charge in [-0.05, 0) is 376 Å². The normalized spacial score (nSPS) is 11.7. The van der Waals surface area contributed by atoms with Crippen LogP contribution in [0.4, 0.5) is 87.8 Å². The van der Waals surface area contributed by atoms with Crippen molar-refractivity contribution >= 4 is 0 Å². The highest BCUT2D eigenvalue weighted by molar-refractivity contribution is 5.45. The quantitative estimate of drug-likeness (QED) is 0.0379. The van der Waals surface area contributed by atoms with Crippen molar-refractivity contribution in [3.8, 4) is 17.2 Å². The highest BCUT2D eigenvalue weighted by Gasteiger charge is 2.45. The first-order valence-electron chi connectivity index (χ1n) is 39.7. The van der Waals surface area contributed by atoms with Crippen molar-refractivity contribution in [2.45, 2.75) is 233 Å². The second kappa shape index (κ2) is 43.0. The Bertz CT molecular complexity index is 5070. The van der Waals surface area contributed by atoms with Gasteiger partial charge in [0.2, 0.25) is 0 Å². The van der Waals surface area contributed by atoms with E-state index < -0.39 is 117 Å². The summed E-state index contributed by atoms with van der Waals surface area (Å²) in [7, 11) is 0. The van der Waals surface area contributed by atoms with E-state index in [1.807, 2.05) is 107 Å². The molecule has 10 aromatic rings. The molecule has 0 amide bonds. The fourth-order valence-electron chi connectivity index (χ4n) is 13.3. The van der Waals surface area contributed by atoms with Gasteiger partial charge in [0.25, 0.3) is 0 Å². The smallest absolute Gasteiger partial charge is 0.429 e. The molecule has 0 heterocycles. The Morgan fingerprint density at radius 1 is 0.213 bits per heavy atom. The lowest BCUT2D eigenvalue weighted by Gasteiger charge is -2.21. The van der Waals surface area contributed by atoms with Crippen molar-refractivity contribution < 1.29 is 111 Å². The molecule has 0 aliphatic rings. The van der Waals surface area contributed by atoms with E-state index >= 15 is 0 Å². The van der Waals surface area contributed by atoms with Gasteiger partial charge < -0.3 is 23.7 Å². The zero-order chi connectivity index (χ0) is 91.8. The molecule has 662 valence electrons. The minimum absolute atomic E-state index is 0.124. The van der Waals surface area contributed by atoms with E-state index in [1.54, 1.807) is 41.5 Å². The van der Waals surface area contributed by atoms with Crippen LogP contribution in [0.3, 0.4) is 0 Å². The van der Waals surface area contributed by atoms with Gasteiger partial charge in [0.1, 0.15) is 103 Å². The summed E-state index contributed by atoms with van der Waals surface area (Å²) in [5.74, 6) is -13.4. The number of alkyl halides is 10. The maximum Gasteiger partial charge on any atom is 0.432 e. The molecule has 5 nitrogen and oxygen atoms in total. The predicted octanol–water partition coefficient (Wildman–Crippen LogP) is 29.7. The molecular formula is C97H104F20O5. The average Bonchev–Trinajstić information content (AvgIpc) is 0.790. The molecule has 0 N–H and O–H groups in total. The molecule has 0 fully saturated rings. The molecule has 10 rings (SSSR count). The number of unbranched alkanes of at least 4 members (excludes halogenated alkanes) is 2. The Balaban J connectivity index is 0.000000236. The molecule has 0 unspecified atom stereocenters. The van der Waals surface area contributed by atoms with Gasteiger partial charge in [0.05, 0.1) is 13.2 Å². The van der Waals surface area contributed by atoms with Crippen molar-refractivity contribution in [3.05, 3.63) is 330 Å². The number of aryl methyl sites for hydroxylation is 15.